The number of rotatable bonds is 10. The van der Waals surface area contributed by atoms with Crippen LogP contribution >= 0.6 is 11.6 Å². The summed E-state index contributed by atoms with van der Waals surface area (Å²) in [6, 6.07) is 0.382. The van der Waals surface area contributed by atoms with E-state index in [0.29, 0.717) is 30.6 Å². The monoisotopic (exact) mass is 470 g/mol. The van der Waals surface area contributed by atoms with Gasteiger partial charge in [0.05, 0.1) is 19.0 Å². The van der Waals surface area contributed by atoms with Gasteiger partial charge in [-0.15, -0.1) is 0 Å². The lowest BCUT2D eigenvalue weighted by Gasteiger charge is -2.44. The number of carbonyl (C=O) groups excluding carboxylic acids is 2. The molecule has 2 atom stereocenters. The highest BCUT2D eigenvalue weighted by Gasteiger charge is 2.31. The van der Waals surface area contributed by atoms with Gasteiger partial charge in [0.2, 0.25) is 17.6 Å². The quantitative estimate of drug-likeness (QED) is 0.234. The maximum atomic E-state index is 15.3. The highest BCUT2D eigenvalue weighted by atomic mass is 35.5. The number of hydrogen-bond donors (Lipinski definition) is 2. The SMILES string of the molecule is CCCC[C@H](CN(O)C=O)C(=O)NCc1nc(Cl)nc(N2CCN3CCCC[C@@H]3C2)c1F. The Morgan fingerprint density at radius 2 is 2.19 bits per heavy atom. The zero-order valence-corrected chi connectivity index (χ0v) is 19.2. The molecule has 0 radical (unpaired) electrons. The summed E-state index contributed by atoms with van der Waals surface area (Å²) < 4.78 is 15.3. The lowest BCUT2D eigenvalue weighted by atomic mass is 9.99. The van der Waals surface area contributed by atoms with Gasteiger partial charge in [0, 0.05) is 25.7 Å². The predicted octanol–water partition coefficient (Wildman–Crippen LogP) is 2.21. The summed E-state index contributed by atoms with van der Waals surface area (Å²) in [4.78, 5) is 35.9. The van der Waals surface area contributed by atoms with Crippen LogP contribution in [0.2, 0.25) is 5.28 Å². The second-order valence-electron chi connectivity index (χ2n) is 8.49. The van der Waals surface area contributed by atoms with Crippen molar-refractivity contribution >= 4 is 29.7 Å². The molecule has 0 unspecified atom stereocenters. The van der Waals surface area contributed by atoms with E-state index < -0.39 is 11.7 Å². The average Bonchev–Trinajstić information content (AvgIpc) is 2.81. The number of aromatic nitrogens is 2. The minimum absolute atomic E-state index is 0.0184. The van der Waals surface area contributed by atoms with Gasteiger partial charge in [-0.25, -0.2) is 14.4 Å². The van der Waals surface area contributed by atoms with Crippen LogP contribution in [0.5, 0.6) is 0 Å². The number of hydrogen-bond acceptors (Lipinski definition) is 7. The second kappa shape index (κ2) is 11.7. The van der Waals surface area contributed by atoms with Crippen molar-refractivity contribution in [3.05, 3.63) is 16.8 Å². The molecule has 9 nitrogen and oxygen atoms in total. The Labute approximate surface area is 192 Å². The summed E-state index contributed by atoms with van der Waals surface area (Å²) in [7, 11) is 0. The van der Waals surface area contributed by atoms with Gasteiger partial charge in [-0.2, -0.15) is 4.98 Å². The lowest BCUT2D eigenvalue weighted by Crippen LogP contribution is -2.55. The maximum Gasteiger partial charge on any atom is 0.233 e. The van der Waals surface area contributed by atoms with Crippen LogP contribution in [0.3, 0.4) is 0 Å². The first kappa shape index (κ1) is 24.6. The highest BCUT2D eigenvalue weighted by Crippen LogP contribution is 2.27. The summed E-state index contributed by atoms with van der Waals surface area (Å²) >= 11 is 6.10. The van der Waals surface area contributed by atoms with E-state index in [1.165, 1.54) is 12.8 Å². The number of piperazine rings is 1. The molecule has 0 saturated carbocycles. The van der Waals surface area contributed by atoms with Gasteiger partial charge in [0.1, 0.15) is 5.69 Å². The van der Waals surface area contributed by atoms with Gasteiger partial charge < -0.3 is 10.2 Å². The summed E-state index contributed by atoms with van der Waals surface area (Å²) in [5, 5.41) is 12.5. The molecule has 11 heteroatoms. The molecule has 0 aliphatic carbocycles. The normalized spacial score (nSPS) is 19.9. The number of carbonyl (C=O) groups is 2. The fourth-order valence-electron chi connectivity index (χ4n) is 4.47. The molecule has 2 aliphatic rings. The number of unbranched alkanes of at least 4 members (excludes halogenated alkanes) is 1. The minimum Gasteiger partial charge on any atom is -0.351 e. The Hall–Kier alpha value is -2.04. The van der Waals surface area contributed by atoms with Gasteiger partial charge in [0.15, 0.2) is 11.6 Å². The third-order valence-corrected chi connectivity index (χ3v) is 6.42. The molecule has 2 aliphatic heterocycles. The van der Waals surface area contributed by atoms with Crippen molar-refractivity contribution < 1.29 is 19.2 Å². The fraction of sp³-hybridized carbons (Fsp3) is 0.714. The Bertz CT molecular complexity index is 801. The Morgan fingerprint density at radius 3 is 2.94 bits per heavy atom. The molecule has 2 amide bonds. The van der Waals surface area contributed by atoms with Crippen LogP contribution in [-0.2, 0) is 16.1 Å². The van der Waals surface area contributed by atoms with Crippen molar-refractivity contribution in [3.8, 4) is 0 Å². The van der Waals surface area contributed by atoms with E-state index in [1.54, 1.807) is 0 Å². The van der Waals surface area contributed by atoms with E-state index in [4.69, 9.17) is 11.6 Å². The van der Waals surface area contributed by atoms with Crippen molar-refractivity contribution in [2.75, 3.05) is 37.6 Å². The van der Waals surface area contributed by atoms with Gasteiger partial charge in [-0.1, -0.05) is 26.2 Å². The van der Waals surface area contributed by atoms with Crippen LogP contribution in [0.25, 0.3) is 0 Å². The second-order valence-corrected chi connectivity index (χ2v) is 8.83. The van der Waals surface area contributed by atoms with E-state index >= 15 is 4.39 Å². The Kier molecular flexibility index (Phi) is 9.01. The molecule has 1 aromatic rings. The first-order chi connectivity index (χ1) is 15.4. The number of fused-ring (bicyclic) bond motifs is 1. The zero-order valence-electron chi connectivity index (χ0n) is 18.5. The first-order valence-corrected chi connectivity index (χ1v) is 11.7. The maximum absolute atomic E-state index is 15.3. The van der Waals surface area contributed by atoms with Crippen molar-refractivity contribution in [3.63, 3.8) is 0 Å². The number of nitrogens with one attached hydrogen (secondary N) is 1. The van der Waals surface area contributed by atoms with Gasteiger partial charge in [-0.05, 0) is 37.4 Å². The molecule has 0 spiro atoms. The fourth-order valence-corrected chi connectivity index (χ4v) is 4.65. The molecule has 178 valence electrons. The van der Waals surface area contributed by atoms with Crippen molar-refractivity contribution in [2.24, 2.45) is 5.92 Å². The Balaban J connectivity index is 1.68. The van der Waals surface area contributed by atoms with Crippen molar-refractivity contribution in [1.82, 2.24) is 25.2 Å². The number of halogens is 2. The van der Waals surface area contributed by atoms with Gasteiger partial charge in [-0.3, -0.25) is 19.7 Å². The van der Waals surface area contributed by atoms with Crippen molar-refractivity contribution in [2.45, 2.75) is 58.0 Å². The summed E-state index contributed by atoms with van der Waals surface area (Å²) in [5.41, 5.74) is 0.0184. The van der Waals surface area contributed by atoms with E-state index in [1.807, 2.05) is 11.8 Å². The van der Waals surface area contributed by atoms with E-state index in [0.717, 1.165) is 32.4 Å². The van der Waals surface area contributed by atoms with Crippen LogP contribution in [-0.4, -0.2) is 76.2 Å². The number of hydroxylamine groups is 2. The number of nitrogens with zero attached hydrogens (tertiary/aromatic N) is 5. The molecule has 3 rings (SSSR count). The average molecular weight is 471 g/mol. The molecule has 32 heavy (non-hydrogen) atoms. The van der Waals surface area contributed by atoms with E-state index in [9.17, 15) is 14.8 Å². The summed E-state index contributed by atoms with van der Waals surface area (Å²) in [5.74, 6) is -1.40. The van der Waals surface area contributed by atoms with Crippen LogP contribution < -0.4 is 10.2 Å². The largest absolute Gasteiger partial charge is 0.351 e. The molecule has 0 bridgehead atoms. The standard InChI is InChI=1S/C21H32ClFN6O3/c1-2-3-6-15(12-29(32)14-30)20(31)24-11-17-18(23)19(26-21(22)25-17)28-10-9-27-8-5-4-7-16(27)13-28/h14-16,32H,2-13H2,1H3,(H,24,31)/t15-,16-/m1/s1. The first-order valence-electron chi connectivity index (χ1n) is 11.3. The smallest absolute Gasteiger partial charge is 0.233 e. The van der Waals surface area contributed by atoms with Crippen LogP contribution in [0.1, 0.15) is 51.1 Å². The third kappa shape index (κ3) is 6.26. The number of amides is 2. The molecular weight excluding hydrogens is 439 g/mol. The third-order valence-electron chi connectivity index (χ3n) is 6.25. The lowest BCUT2D eigenvalue weighted by molar-refractivity contribution is -0.154. The molecule has 3 heterocycles. The van der Waals surface area contributed by atoms with Gasteiger partial charge in [0.25, 0.3) is 0 Å². The summed E-state index contributed by atoms with van der Waals surface area (Å²) in [6.45, 7) is 4.98. The Morgan fingerprint density at radius 1 is 1.38 bits per heavy atom. The molecule has 1 aromatic heterocycles. The van der Waals surface area contributed by atoms with Crippen molar-refractivity contribution in [1.29, 1.82) is 0 Å². The number of piperidine rings is 1. The minimum atomic E-state index is -0.607. The molecular formula is C21H32ClFN6O3. The topological polar surface area (TPSA) is 102 Å². The number of anilines is 1. The predicted molar refractivity (Wildman–Crippen MR) is 118 cm³/mol. The molecule has 2 N–H and O–H groups in total. The molecule has 2 fully saturated rings. The van der Waals surface area contributed by atoms with Crippen LogP contribution in [0.4, 0.5) is 10.2 Å². The van der Waals surface area contributed by atoms with Crippen LogP contribution in [0.15, 0.2) is 0 Å². The van der Waals surface area contributed by atoms with Crippen LogP contribution in [0, 0.1) is 11.7 Å². The van der Waals surface area contributed by atoms with Gasteiger partial charge >= 0.3 is 0 Å². The zero-order chi connectivity index (χ0) is 23.1. The van der Waals surface area contributed by atoms with E-state index in [2.05, 4.69) is 20.2 Å². The summed E-state index contributed by atoms with van der Waals surface area (Å²) in [6.07, 6.45) is 5.84. The molecule has 2 saturated heterocycles. The highest BCUT2D eigenvalue weighted by molar-refractivity contribution is 6.28. The van der Waals surface area contributed by atoms with E-state index in [-0.39, 0.29) is 42.2 Å². The molecule has 0 aromatic carbocycles.